The minimum Gasteiger partial charge on any atom is -0.437 e. The Morgan fingerprint density at radius 1 is 1.11 bits per heavy atom. The minimum absolute atomic E-state index is 0.194. The van der Waals surface area contributed by atoms with E-state index < -0.39 is 6.16 Å². The molecule has 5 heteroatoms. The number of hydrogen-bond donors (Lipinski definition) is 0. The first-order valence-corrected chi connectivity index (χ1v) is 5.54. The number of ether oxygens (including phenoxy) is 2. The van der Waals surface area contributed by atoms with Crippen LogP contribution in [0.25, 0.3) is 11.1 Å². The van der Waals surface area contributed by atoms with Crippen LogP contribution in [-0.4, -0.2) is 18.2 Å². The molecule has 0 aliphatic heterocycles. The molecule has 2 rings (SSSR count). The third-order valence-corrected chi connectivity index (χ3v) is 2.52. The van der Waals surface area contributed by atoms with Gasteiger partial charge in [0.1, 0.15) is 0 Å². The molecule has 0 bridgehead atoms. The maximum absolute atomic E-state index is 10.9. The second-order valence-electron chi connectivity index (χ2n) is 3.45. The number of carbonyl (C=O) groups excluding carboxylic acids is 1. The summed E-state index contributed by atoms with van der Waals surface area (Å²) in [5.74, 6) is 0.194. The van der Waals surface area contributed by atoms with Crippen LogP contribution < -0.4 is 4.74 Å². The zero-order valence-electron chi connectivity index (χ0n) is 9.59. The second kappa shape index (κ2) is 5.51. The lowest BCUT2D eigenvalue weighted by Gasteiger charge is -2.04. The SMILES string of the molecule is COC(=O)Oc1ccc(-c2ccc(Cl)cc2)cn1. The van der Waals surface area contributed by atoms with Gasteiger partial charge in [0, 0.05) is 22.8 Å². The third-order valence-electron chi connectivity index (χ3n) is 2.27. The van der Waals surface area contributed by atoms with Crippen molar-refractivity contribution in [3.05, 3.63) is 47.6 Å². The maximum atomic E-state index is 10.9. The summed E-state index contributed by atoms with van der Waals surface area (Å²) in [5.41, 5.74) is 1.89. The fourth-order valence-corrected chi connectivity index (χ4v) is 1.51. The molecular formula is C13H10ClNO3. The van der Waals surface area contributed by atoms with Gasteiger partial charge in [0.25, 0.3) is 0 Å². The summed E-state index contributed by atoms with van der Waals surface area (Å²) in [6.07, 6.45) is 0.823. The van der Waals surface area contributed by atoms with Gasteiger partial charge in [-0.05, 0) is 23.8 Å². The second-order valence-corrected chi connectivity index (χ2v) is 3.88. The van der Waals surface area contributed by atoms with Crippen LogP contribution in [-0.2, 0) is 4.74 Å². The summed E-state index contributed by atoms with van der Waals surface area (Å²) in [6.45, 7) is 0. The Morgan fingerprint density at radius 3 is 2.33 bits per heavy atom. The molecule has 0 fully saturated rings. The topological polar surface area (TPSA) is 48.4 Å². The highest BCUT2D eigenvalue weighted by molar-refractivity contribution is 6.30. The Bertz CT molecular complexity index is 537. The van der Waals surface area contributed by atoms with Crippen molar-refractivity contribution in [1.82, 2.24) is 4.98 Å². The number of carbonyl (C=O) groups is 1. The fraction of sp³-hybridized carbons (Fsp3) is 0.0769. The van der Waals surface area contributed by atoms with E-state index in [2.05, 4.69) is 9.72 Å². The van der Waals surface area contributed by atoms with E-state index in [9.17, 15) is 4.79 Å². The predicted molar refractivity (Wildman–Crippen MR) is 67.7 cm³/mol. The van der Waals surface area contributed by atoms with Crippen LogP contribution in [0.5, 0.6) is 5.88 Å². The highest BCUT2D eigenvalue weighted by Gasteiger charge is 2.05. The predicted octanol–water partition coefficient (Wildman–Crippen LogP) is 3.55. The van der Waals surface area contributed by atoms with Crippen molar-refractivity contribution < 1.29 is 14.3 Å². The van der Waals surface area contributed by atoms with Crippen LogP contribution in [0, 0.1) is 0 Å². The highest BCUT2D eigenvalue weighted by atomic mass is 35.5. The van der Waals surface area contributed by atoms with Crippen LogP contribution in [0.15, 0.2) is 42.6 Å². The zero-order chi connectivity index (χ0) is 13.0. The van der Waals surface area contributed by atoms with E-state index in [1.54, 1.807) is 30.5 Å². The lowest BCUT2D eigenvalue weighted by molar-refractivity contribution is 0.119. The Balaban J connectivity index is 2.17. The van der Waals surface area contributed by atoms with E-state index in [-0.39, 0.29) is 5.88 Å². The van der Waals surface area contributed by atoms with Crippen molar-refractivity contribution in [3.8, 4) is 17.0 Å². The number of nitrogens with zero attached hydrogens (tertiary/aromatic N) is 1. The summed E-state index contributed by atoms with van der Waals surface area (Å²) >= 11 is 5.81. The minimum atomic E-state index is -0.790. The van der Waals surface area contributed by atoms with Gasteiger partial charge in [-0.1, -0.05) is 23.7 Å². The number of methoxy groups -OCH3 is 1. The molecule has 0 saturated carbocycles. The molecule has 1 aromatic heterocycles. The van der Waals surface area contributed by atoms with Gasteiger partial charge in [-0.15, -0.1) is 0 Å². The first-order valence-electron chi connectivity index (χ1n) is 5.17. The Morgan fingerprint density at radius 2 is 1.78 bits per heavy atom. The molecule has 0 unspecified atom stereocenters. The van der Waals surface area contributed by atoms with Crippen molar-refractivity contribution in [2.75, 3.05) is 7.11 Å². The summed E-state index contributed by atoms with van der Waals surface area (Å²) in [5, 5.41) is 0.678. The van der Waals surface area contributed by atoms with Crippen molar-refractivity contribution in [1.29, 1.82) is 0 Å². The van der Waals surface area contributed by atoms with Gasteiger partial charge in [0.2, 0.25) is 5.88 Å². The van der Waals surface area contributed by atoms with Crippen molar-refractivity contribution >= 4 is 17.8 Å². The number of pyridine rings is 1. The molecule has 2 aromatic rings. The Kier molecular flexibility index (Phi) is 3.79. The van der Waals surface area contributed by atoms with Crippen molar-refractivity contribution in [3.63, 3.8) is 0 Å². The lowest BCUT2D eigenvalue weighted by atomic mass is 10.1. The number of halogens is 1. The van der Waals surface area contributed by atoms with E-state index in [0.717, 1.165) is 11.1 Å². The molecule has 0 aliphatic carbocycles. The molecular weight excluding hydrogens is 254 g/mol. The van der Waals surface area contributed by atoms with Crippen LogP contribution in [0.1, 0.15) is 0 Å². The molecule has 92 valence electrons. The van der Waals surface area contributed by atoms with E-state index >= 15 is 0 Å². The van der Waals surface area contributed by atoms with Crippen LogP contribution in [0.3, 0.4) is 0 Å². The molecule has 18 heavy (non-hydrogen) atoms. The summed E-state index contributed by atoms with van der Waals surface area (Å²) in [7, 11) is 1.24. The Hall–Kier alpha value is -2.07. The molecule has 1 heterocycles. The van der Waals surface area contributed by atoms with Gasteiger partial charge in [-0.25, -0.2) is 9.78 Å². The largest absolute Gasteiger partial charge is 0.514 e. The average molecular weight is 264 g/mol. The van der Waals surface area contributed by atoms with Crippen molar-refractivity contribution in [2.45, 2.75) is 0 Å². The van der Waals surface area contributed by atoms with Gasteiger partial charge in [-0.2, -0.15) is 0 Å². The maximum Gasteiger partial charge on any atom is 0.514 e. The molecule has 0 atom stereocenters. The van der Waals surface area contributed by atoms with Crippen LogP contribution in [0.4, 0.5) is 4.79 Å². The van der Waals surface area contributed by atoms with Gasteiger partial charge in [0.05, 0.1) is 7.11 Å². The molecule has 0 radical (unpaired) electrons. The van der Waals surface area contributed by atoms with Gasteiger partial charge in [-0.3, -0.25) is 0 Å². The molecule has 0 N–H and O–H groups in total. The molecule has 0 saturated heterocycles. The first-order chi connectivity index (χ1) is 8.69. The average Bonchev–Trinajstić information content (AvgIpc) is 2.40. The van der Waals surface area contributed by atoms with Crippen LogP contribution in [0.2, 0.25) is 5.02 Å². The smallest absolute Gasteiger partial charge is 0.437 e. The van der Waals surface area contributed by atoms with Crippen molar-refractivity contribution in [2.24, 2.45) is 0 Å². The van der Waals surface area contributed by atoms with Gasteiger partial charge in [0.15, 0.2) is 0 Å². The molecule has 4 nitrogen and oxygen atoms in total. The van der Waals surface area contributed by atoms with Gasteiger partial charge >= 0.3 is 6.16 Å². The van der Waals surface area contributed by atoms with Crippen LogP contribution >= 0.6 is 11.6 Å². The highest BCUT2D eigenvalue weighted by Crippen LogP contribution is 2.22. The number of benzene rings is 1. The first kappa shape index (κ1) is 12.4. The summed E-state index contributed by atoms with van der Waals surface area (Å²) in [6, 6.07) is 10.8. The van der Waals surface area contributed by atoms with E-state index in [4.69, 9.17) is 16.3 Å². The number of rotatable bonds is 2. The molecule has 1 aromatic carbocycles. The number of hydrogen-bond acceptors (Lipinski definition) is 4. The normalized spacial score (nSPS) is 9.89. The summed E-state index contributed by atoms with van der Waals surface area (Å²) in [4.78, 5) is 14.9. The Labute approximate surface area is 109 Å². The summed E-state index contributed by atoms with van der Waals surface area (Å²) < 4.78 is 9.15. The molecule has 0 aliphatic rings. The van der Waals surface area contributed by atoms with E-state index in [0.29, 0.717) is 5.02 Å². The quantitative estimate of drug-likeness (QED) is 0.778. The molecule has 0 spiro atoms. The molecule has 0 amide bonds. The van der Waals surface area contributed by atoms with E-state index in [1.807, 2.05) is 12.1 Å². The standard InChI is InChI=1S/C13H10ClNO3/c1-17-13(16)18-12-7-4-10(8-15-12)9-2-5-11(14)6-3-9/h2-8H,1H3. The number of aromatic nitrogens is 1. The lowest BCUT2D eigenvalue weighted by Crippen LogP contribution is -2.08. The zero-order valence-corrected chi connectivity index (χ0v) is 10.3. The van der Waals surface area contributed by atoms with E-state index in [1.165, 1.54) is 7.11 Å². The third kappa shape index (κ3) is 2.99. The monoisotopic (exact) mass is 263 g/mol. The fourth-order valence-electron chi connectivity index (χ4n) is 1.38. The van der Waals surface area contributed by atoms with Gasteiger partial charge < -0.3 is 9.47 Å².